The molecule has 1 atom stereocenters. The number of aromatic amines is 2. The molecule has 0 aliphatic carbocycles. The number of hydrogen-bond donors (Lipinski definition) is 2. The van der Waals surface area contributed by atoms with E-state index in [0.29, 0.717) is 10.6 Å². The van der Waals surface area contributed by atoms with Crippen LogP contribution in [0.4, 0.5) is 8.78 Å². The molecule has 154 valence electrons. The number of nitrogens with one attached hydrogen (secondary N) is 2. The zero-order valence-electron chi connectivity index (χ0n) is 17.0. The molecule has 0 aliphatic heterocycles. The third kappa shape index (κ3) is 3.23. The molecule has 3 nitrogen and oxygen atoms in total. The average Bonchev–Trinajstić information content (AvgIpc) is 3.30. The van der Waals surface area contributed by atoms with E-state index in [2.05, 4.69) is 35.6 Å². The Bertz CT molecular complexity index is 1250. The van der Waals surface area contributed by atoms with Crippen molar-refractivity contribution < 1.29 is 8.78 Å². The maximum absolute atomic E-state index is 14.5. The summed E-state index contributed by atoms with van der Waals surface area (Å²) in [6.45, 7) is 10.3. The third-order valence-electron chi connectivity index (χ3n) is 5.69. The number of rotatable bonds is 5. The van der Waals surface area contributed by atoms with E-state index in [0.717, 1.165) is 39.8 Å². The number of H-pyrrole nitrogens is 2. The molecule has 2 aromatic carbocycles. The van der Waals surface area contributed by atoms with E-state index >= 15 is 0 Å². The molecule has 0 spiro atoms. The predicted molar refractivity (Wildman–Crippen MR) is 119 cm³/mol. The number of fused-ring (bicyclic) bond motifs is 1. The van der Waals surface area contributed by atoms with E-state index in [-0.39, 0.29) is 17.1 Å². The van der Waals surface area contributed by atoms with Gasteiger partial charge in [0.15, 0.2) is 0 Å². The van der Waals surface area contributed by atoms with Gasteiger partial charge in [0.05, 0.1) is 11.3 Å². The molecule has 0 radical (unpaired) electrons. The predicted octanol–water partition coefficient (Wildman–Crippen LogP) is 7.37. The summed E-state index contributed by atoms with van der Waals surface area (Å²) in [7, 11) is 0. The second-order valence-corrected chi connectivity index (χ2v) is 8.01. The molecule has 4 aromatic rings. The minimum absolute atomic E-state index is 0.139. The summed E-state index contributed by atoms with van der Waals surface area (Å²) in [4.78, 5) is 3.17. The second-order valence-electron chi connectivity index (χ2n) is 7.57. The molecule has 4 rings (SSSR count). The highest BCUT2D eigenvalue weighted by Crippen LogP contribution is 2.41. The van der Waals surface area contributed by atoms with Gasteiger partial charge in [0.25, 0.3) is 0 Å². The van der Waals surface area contributed by atoms with Gasteiger partial charge < -0.3 is 4.98 Å². The first-order valence-corrected chi connectivity index (χ1v) is 10.2. The minimum atomic E-state index is -0.652. The molecule has 0 saturated carbocycles. The Kier molecular flexibility index (Phi) is 5.24. The molecule has 2 aromatic heterocycles. The van der Waals surface area contributed by atoms with Crippen LogP contribution in [0, 0.1) is 18.6 Å². The van der Waals surface area contributed by atoms with Crippen molar-refractivity contribution in [2.75, 3.05) is 0 Å². The van der Waals surface area contributed by atoms with Crippen LogP contribution in [-0.2, 0) is 0 Å². The number of aromatic nitrogens is 3. The lowest BCUT2D eigenvalue weighted by atomic mass is 9.90. The molecule has 6 heteroatoms. The molecular formula is C24H22ClF2N3. The maximum Gasteiger partial charge on any atom is 0.133 e. The van der Waals surface area contributed by atoms with Crippen molar-refractivity contribution in [3.63, 3.8) is 0 Å². The van der Waals surface area contributed by atoms with E-state index in [4.69, 9.17) is 11.6 Å². The molecular weight excluding hydrogens is 404 g/mol. The SMILES string of the molecule is C=C(c1c(F)cccc1F)c1c[nH]c2cc(Cl)cc(-c3n[nH]c(C)c3C(C)CC)c12. The molecule has 2 heterocycles. The second kappa shape index (κ2) is 7.73. The molecule has 0 bridgehead atoms. The Morgan fingerprint density at radius 2 is 1.93 bits per heavy atom. The molecule has 1 unspecified atom stereocenters. The first-order valence-electron chi connectivity index (χ1n) is 9.83. The van der Waals surface area contributed by atoms with E-state index in [1.54, 1.807) is 12.3 Å². The van der Waals surface area contributed by atoms with Gasteiger partial charge in [-0.15, -0.1) is 0 Å². The number of nitrogens with zero attached hydrogens (tertiary/aromatic N) is 1. The summed E-state index contributed by atoms with van der Waals surface area (Å²) >= 11 is 6.40. The Morgan fingerprint density at radius 1 is 1.23 bits per heavy atom. The smallest absolute Gasteiger partial charge is 0.133 e. The summed E-state index contributed by atoms with van der Waals surface area (Å²) in [5.41, 5.74) is 5.16. The van der Waals surface area contributed by atoms with Crippen LogP contribution in [0.5, 0.6) is 0 Å². The van der Waals surface area contributed by atoms with Gasteiger partial charge in [0.1, 0.15) is 11.6 Å². The van der Waals surface area contributed by atoms with E-state index in [1.165, 1.54) is 18.2 Å². The summed E-state index contributed by atoms with van der Waals surface area (Å²) in [6, 6.07) is 7.43. The summed E-state index contributed by atoms with van der Waals surface area (Å²) in [5.74, 6) is -1.02. The highest BCUT2D eigenvalue weighted by Gasteiger charge is 2.23. The van der Waals surface area contributed by atoms with Crippen molar-refractivity contribution in [2.24, 2.45) is 0 Å². The molecule has 0 saturated heterocycles. The Labute approximate surface area is 178 Å². The number of halogens is 3. The van der Waals surface area contributed by atoms with Gasteiger partial charge in [0.2, 0.25) is 0 Å². The monoisotopic (exact) mass is 425 g/mol. The van der Waals surface area contributed by atoms with Gasteiger partial charge in [-0.1, -0.05) is 38.1 Å². The number of aryl methyl sites for hydroxylation is 1. The van der Waals surface area contributed by atoms with Crippen LogP contribution in [0.3, 0.4) is 0 Å². The highest BCUT2D eigenvalue weighted by atomic mass is 35.5. The van der Waals surface area contributed by atoms with Crippen LogP contribution in [0.1, 0.15) is 48.6 Å². The van der Waals surface area contributed by atoms with Gasteiger partial charge >= 0.3 is 0 Å². The van der Waals surface area contributed by atoms with Crippen molar-refractivity contribution in [2.45, 2.75) is 33.1 Å². The van der Waals surface area contributed by atoms with E-state index in [1.807, 2.05) is 13.0 Å². The molecule has 30 heavy (non-hydrogen) atoms. The third-order valence-corrected chi connectivity index (χ3v) is 5.91. The fraction of sp³-hybridized carbons (Fsp3) is 0.208. The topological polar surface area (TPSA) is 44.5 Å². The summed E-state index contributed by atoms with van der Waals surface area (Å²) in [6.07, 6.45) is 2.66. The number of hydrogen-bond acceptors (Lipinski definition) is 1. The maximum atomic E-state index is 14.5. The highest BCUT2D eigenvalue weighted by molar-refractivity contribution is 6.32. The largest absolute Gasteiger partial charge is 0.360 e. The van der Waals surface area contributed by atoms with Gasteiger partial charge in [-0.05, 0) is 49.1 Å². The Balaban J connectivity index is 2.00. The van der Waals surface area contributed by atoms with Crippen molar-refractivity contribution >= 4 is 28.1 Å². The van der Waals surface area contributed by atoms with Crippen LogP contribution in [0.25, 0.3) is 27.7 Å². The standard InChI is InChI=1S/C24H22ClF2N3/c1-5-12(2)21-14(4)29-30-24(21)16-9-15(25)10-20-23(16)17(11-28-20)13(3)22-18(26)7-6-8-19(22)27/h6-12,28H,3,5H2,1-2,4H3,(H,29,30). The first kappa shape index (κ1) is 20.4. The summed E-state index contributed by atoms with van der Waals surface area (Å²) < 4.78 is 28.9. The van der Waals surface area contributed by atoms with Crippen LogP contribution in [0.2, 0.25) is 5.02 Å². The van der Waals surface area contributed by atoms with E-state index < -0.39 is 11.6 Å². The van der Waals surface area contributed by atoms with Crippen LogP contribution in [0.15, 0.2) is 43.1 Å². The zero-order valence-corrected chi connectivity index (χ0v) is 17.8. The van der Waals surface area contributed by atoms with Crippen LogP contribution < -0.4 is 0 Å². The Morgan fingerprint density at radius 3 is 2.60 bits per heavy atom. The molecule has 0 aliphatic rings. The van der Waals surface area contributed by atoms with Gasteiger partial charge in [-0.2, -0.15) is 5.10 Å². The van der Waals surface area contributed by atoms with Crippen LogP contribution in [-0.4, -0.2) is 15.2 Å². The van der Waals surface area contributed by atoms with Crippen molar-refractivity contribution in [3.8, 4) is 11.3 Å². The lowest BCUT2D eigenvalue weighted by Crippen LogP contribution is -1.97. The number of benzene rings is 2. The van der Waals surface area contributed by atoms with Crippen LogP contribution >= 0.6 is 11.6 Å². The van der Waals surface area contributed by atoms with Gasteiger partial charge in [-0.3, -0.25) is 5.10 Å². The molecule has 0 fully saturated rings. The van der Waals surface area contributed by atoms with Gasteiger partial charge in [0, 0.05) is 44.5 Å². The molecule has 0 amide bonds. The fourth-order valence-corrected chi connectivity index (χ4v) is 4.25. The first-order chi connectivity index (χ1) is 14.3. The van der Waals surface area contributed by atoms with Gasteiger partial charge in [-0.25, -0.2) is 8.78 Å². The van der Waals surface area contributed by atoms with Crippen molar-refractivity contribution in [1.29, 1.82) is 0 Å². The fourth-order valence-electron chi connectivity index (χ4n) is 4.03. The quantitative estimate of drug-likeness (QED) is 0.344. The minimum Gasteiger partial charge on any atom is -0.360 e. The molecule has 2 N–H and O–H groups in total. The zero-order chi connectivity index (χ0) is 21.6. The average molecular weight is 426 g/mol. The normalized spacial score (nSPS) is 12.5. The van der Waals surface area contributed by atoms with Crippen molar-refractivity contribution in [3.05, 3.63) is 82.1 Å². The van der Waals surface area contributed by atoms with Crippen molar-refractivity contribution in [1.82, 2.24) is 15.2 Å². The van der Waals surface area contributed by atoms with E-state index in [9.17, 15) is 8.78 Å². The Hall–Kier alpha value is -2.92. The summed E-state index contributed by atoms with van der Waals surface area (Å²) in [5, 5.41) is 8.97. The lowest BCUT2D eigenvalue weighted by molar-refractivity contribution is 0.577. The lowest BCUT2D eigenvalue weighted by Gasteiger charge is -2.14.